The van der Waals surface area contributed by atoms with Crippen LogP contribution < -0.4 is 4.90 Å². The number of nitrogens with zero attached hydrogens (tertiary/aromatic N) is 4. The highest BCUT2D eigenvalue weighted by Gasteiger charge is 2.21. The first-order valence-electron chi connectivity index (χ1n) is 18.9. The van der Waals surface area contributed by atoms with Crippen molar-refractivity contribution in [1.29, 1.82) is 0 Å². The molecule has 0 N–H and O–H groups in total. The molecule has 0 saturated heterocycles. The molecule has 0 aliphatic rings. The van der Waals surface area contributed by atoms with Gasteiger partial charge < -0.3 is 9.32 Å². The zero-order valence-corrected chi connectivity index (χ0v) is 31.4. The van der Waals surface area contributed by atoms with Crippen LogP contribution in [-0.2, 0) is 0 Å². The molecule has 0 aliphatic carbocycles. The first kappa shape index (κ1) is 33.0. The van der Waals surface area contributed by atoms with Crippen molar-refractivity contribution >= 4 is 70.5 Å². The van der Waals surface area contributed by atoms with Crippen molar-refractivity contribution < 1.29 is 4.42 Å². The molecule has 0 atom stereocenters. The smallest absolute Gasteiger partial charge is 0.167 e. The van der Waals surface area contributed by atoms with Gasteiger partial charge in [0, 0.05) is 59.1 Å². The zero-order valence-electron chi connectivity index (χ0n) is 30.6. The summed E-state index contributed by atoms with van der Waals surface area (Å²) < 4.78 is 9.29. The Balaban J connectivity index is 1.05. The highest BCUT2D eigenvalue weighted by Crippen LogP contribution is 2.44. The predicted molar refractivity (Wildman–Crippen MR) is 236 cm³/mol. The lowest BCUT2D eigenvalue weighted by atomic mass is 9.96. The molecule has 0 radical (unpaired) electrons. The van der Waals surface area contributed by atoms with Crippen LogP contribution in [0.4, 0.5) is 17.1 Å². The average Bonchev–Trinajstić information content (AvgIpc) is 3.86. The molecule has 8 aromatic carbocycles. The van der Waals surface area contributed by atoms with E-state index in [9.17, 15) is 0 Å². The zero-order chi connectivity index (χ0) is 37.7. The minimum absolute atomic E-state index is 0.558. The minimum atomic E-state index is 0.558. The van der Waals surface area contributed by atoms with Crippen LogP contribution in [0.3, 0.4) is 0 Å². The summed E-state index contributed by atoms with van der Waals surface area (Å²) in [5.41, 5.74) is 9.64. The summed E-state index contributed by atoms with van der Waals surface area (Å²) in [6, 6.07) is 67.5. The van der Waals surface area contributed by atoms with Gasteiger partial charge in [0.05, 0.1) is 5.56 Å². The Bertz CT molecular complexity index is 3170. The van der Waals surface area contributed by atoms with Gasteiger partial charge in [0.1, 0.15) is 11.2 Å². The second-order valence-electron chi connectivity index (χ2n) is 14.0. The van der Waals surface area contributed by atoms with E-state index in [4.69, 9.17) is 19.4 Å². The number of aromatic nitrogens is 3. The van der Waals surface area contributed by atoms with Gasteiger partial charge in [0.15, 0.2) is 17.5 Å². The first-order valence-corrected chi connectivity index (χ1v) is 19.8. The summed E-state index contributed by atoms with van der Waals surface area (Å²) in [5.74, 6) is 1.78. The third-order valence-electron chi connectivity index (χ3n) is 10.5. The van der Waals surface area contributed by atoms with E-state index in [1.54, 1.807) is 0 Å². The summed E-state index contributed by atoms with van der Waals surface area (Å²) in [7, 11) is 0. The van der Waals surface area contributed by atoms with Crippen molar-refractivity contribution in [2.45, 2.75) is 0 Å². The molecule has 0 bridgehead atoms. The van der Waals surface area contributed by atoms with Gasteiger partial charge in [0.2, 0.25) is 0 Å². The van der Waals surface area contributed by atoms with Crippen molar-refractivity contribution in [3.63, 3.8) is 0 Å². The molecule has 6 heteroatoms. The number of benzene rings is 8. The van der Waals surface area contributed by atoms with Gasteiger partial charge in [-0.15, -0.1) is 11.3 Å². The van der Waals surface area contributed by atoms with Crippen molar-refractivity contribution in [3.05, 3.63) is 194 Å². The highest BCUT2D eigenvalue weighted by molar-refractivity contribution is 7.25. The van der Waals surface area contributed by atoms with Crippen LogP contribution in [-0.4, -0.2) is 15.0 Å². The Morgan fingerprint density at radius 1 is 0.386 bits per heavy atom. The SMILES string of the molecule is c1ccc(-c2nc(-c3ccccc3)nc(-c3ccc(-c4ccc(N(c5ccccc5)c5ccc6c(c5)sc5ccccc56)cc4)c4c3oc3ccccc34)n2)cc1. The number of para-hydroxylation sites is 2. The van der Waals surface area contributed by atoms with Gasteiger partial charge in [0.25, 0.3) is 0 Å². The second-order valence-corrected chi connectivity index (χ2v) is 15.1. The molecule has 0 saturated carbocycles. The number of thiophene rings is 1. The summed E-state index contributed by atoms with van der Waals surface area (Å²) in [6.45, 7) is 0. The molecule has 11 aromatic rings. The Hall–Kier alpha value is -7.41. The van der Waals surface area contributed by atoms with Gasteiger partial charge in [-0.25, -0.2) is 15.0 Å². The van der Waals surface area contributed by atoms with E-state index >= 15 is 0 Å². The molecule has 268 valence electrons. The van der Waals surface area contributed by atoms with E-state index in [1.165, 1.54) is 20.2 Å². The maximum Gasteiger partial charge on any atom is 0.167 e. The molecule has 0 amide bonds. The van der Waals surface area contributed by atoms with Crippen LogP contribution >= 0.6 is 11.3 Å². The lowest BCUT2D eigenvalue weighted by Crippen LogP contribution is -2.09. The van der Waals surface area contributed by atoms with Gasteiger partial charge >= 0.3 is 0 Å². The van der Waals surface area contributed by atoms with Gasteiger partial charge in [-0.1, -0.05) is 140 Å². The average molecular weight is 749 g/mol. The molecule has 5 nitrogen and oxygen atoms in total. The molecule has 11 rings (SSSR count). The fourth-order valence-electron chi connectivity index (χ4n) is 7.84. The molecule has 0 fully saturated rings. The van der Waals surface area contributed by atoms with E-state index in [2.05, 4.69) is 126 Å². The Morgan fingerprint density at radius 3 is 1.65 bits per heavy atom. The van der Waals surface area contributed by atoms with E-state index in [1.807, 2.05) is 84.1 Å². The van der Waals surface area contributed by atoms with Crippen molar-refractivity contribution in [3.8, 4) is 45.3 Å². The monoisotopic (exact) mass is 748 g/mol. The summed E-state index contributed by atoms with van der Waals surface area (Å²) in [6.07, 6.45) is 0. The van der Waals surface area contributed by atoms with Crippen LogP contribution in [0, 0.1) is 0 Å². The van der Waals surface area contributed by atoms with Crippen LogP contribution in [0.15, 0.2) is 199 Å². The van der Waals surface area contributed by atoms with Gasteiger partial charge in [-0.3, -0.25) is 0 Å². The van der Waals surface area contributed by atoms with Crippen molar-refractivity contribution in [2.75, 3.05) is 4.90 Å². The predicted octanol–water partition coefficient (Wildman–Crippen LogP) is 14.3. The third-order valence-corrected chi connectivity index (χ3v) is 11.7. The molecular weight excluding hydrogens is 717 g/mol. The van der Waals surface area contributed by atoms with E-state index in [0.29, 0.717) is 17.5 Å². The van der Waals surface area contributed by atoms with Gasteiger partial charge in [-0.2, -0.15) is 0 Å². The minimum Gasteiger partial charge on any atom is -0.455 e. The van der Waals surface area contributed by atoms with Crippen LogP contribution in [0.5, 0.6) is 0 Å². The lowest BCUT2D eigenvalue weighted by Gasteiger charge is -2.25. The quantitative estimate of drug-likeness (QED) is 0.162. The number of hydrogen-bond acceptors (Lipinski definition) is 6. The molecule has 57 heavy (non-hydrogen) atoms. The number of hydrogen-bond donors (Lipinski definition) is 0. The summed E-state index contributed by atoms with van der Waals surface area (Å²) >= 11 is 1.84. The fraction of sp³-hybridized carbons (Fsp3) is 0. The van der Waals surface area contributed by atoms with Crippen LogP contribution in [0.25, 0.3) is 87.4 Å². The molecular formula is C51H32N4OS. The Morgan fingerprint density at radius 2 is 0.930 bits per heavy atom. The maximum atomic E-state index is 6.72. The number of anilines is 3. The summed E-state index contributed by atoms with van der Waals surface area (Å²) in [5, 5.41) is 4.64. The summed E-state index contributed by atoms with van der Waals surface area (Å²) in [4.78, 5) is 17.4. The second kappa shape index (κ2) is 13.7. The first-order chi connectivity index (χ1) is 28.2. The number of furan rings is 1. The maximum absolute atomic E-state index is 6.72. The van der Waals surface area contributed by atoms with Crippen LogP contribution in [0.1, 0.15) is 0 Å². The van der Waals surface area contributed by atoms with E-state index < -0.39 is 0 Å². The largest absolute Gasteiger partial charge is 0.455 e. The molecule has 0 aliphatic heterocycles. The Labute approximate surface area is 332 Å². The molecule has 3 aromatic heterocycles. The fourth-order valence-corrected chi connectivity index (χ4v) is 8.98. The standard InChI is InChI=1S/C51H32N4OS/c1-4-14-34(15-5-1)49-52-50(35-16-6-2-7-17-35)54-51(53-49)43-31-30-39(47-42-21-10-12-22-44(42)56-48(43)47)33-24-26-37(27-25-33)55(36-18-8-3-9-19-36)38-28-29-41-40-20-11-13-23-45(40)57-46(41)32-38/h1-32H. The van der Waals surface area contributed by atoms with E-state index in [0.717, 1.165) is 66.8 Å². The van der Waals surface area contributed by atoms with Crippen LogP contribution in [0.2, 0.25) is 0 Å². The van der Waals surface area contributed by atoms with Gasteiger partial charge in [-0.05, 0) is 65.7 Å². The number of fused-ring (bicyclic) bond motifs is 6. The molecule has 0 unspecified atom stereocenters. The number of rotatable bonds is 7. The topological polar surface area (TPSA) is 55.1 Å². The normalized spacial score (nSPS) is 11.5. The van der Waals surface area contributed by atoms with E-state index in [-0.39, 0.29) is 0 Å². The third kappa shape index (κ3) is 5.82. The Kier molecular flexibility index (Phi) is 7.93. The lowest BCUT2D eigenvalue weighted by molar-refractivity contribution is 0.669. The van der Waals surface area contributed by atoms with Crippen molar-refractivity contribution in [2.24, 2.45) is 0 Å². The highest BCUT2D eigenvalue weighted by atomic mass is 32.1. The molecule has 3 heterocycles. The molecule has 0 spiro atoms. The van der Waals surface area contributed by atoms with Crippen molar-refractivity contribution in [1.82, 2.24) is 15.0 Å².